The third kappa shape index (κ3) is 6.41. The third-order valence-electron chi connectivity index (χ3n) is 5.43. The first-order valence-corrected chi connectivity index (χ1v) is 11.8. The molecule has 4 rings (SSSR count). The van der Waals surface area contributed by atoms with Crippen molar-refractivity contribution in [3.8, 4) is 11.4 Å². The van der Waals surface area contributed by atoms with Gasteiger partial charge in [0.05, 0.1) is 13.2 Å². The number of aromatic amines is 1. The van der Waals surface area contributed by atoms with Gasteiger partial charge in [-0.05, 0) is 12.5 Å². The van der Waals surface area contributed by atoms with Crippen LogP contribution in [0.1, 0.15) is 22.8 Å². The molecule has 0 saturated carbocycles. The van der Waals surface area contributed by atoms with Crippen molar-refractivity contribution >= 4 is 17.7 Å². The van der Waals surface area contributed by atoms with Gasteiger partial charge in [-0.25, -0.2) is 4.98 Å². The molecule has 2 N–H and O–H groups in total. The van der Waals surface area contributed by atoms with Gasteiger partial charge in [0.15, 0.2) is 5.82 Å². The van der Waals surface area contributed by atoms with Crippen LogP contribution in [-0.4, -0.2) is 65.4 Å². The maximum absolute atomic E-state index is 12.7. The molecule has 1 fully saturated rings. The van der Waals surface area contributed by atoms with Crippen molar-refractivity contribution in [2.45, 2.75) is 23.8 Å². The Bertz CT molecular complexity index is 987. The van der Waals surface area contributed by atoms with E-state index in [1.54, 1.807) is 0 Å². The summed E-state index contributed by atoms with van der Waals surface area (Å²) in [5, 5.41) is 11.0. The minimum Gasteiger partial charge on any atom is -0.379 e. The molecule has 1 unspecified atom stereocenters. The summed E-state index contributed by atoms with van der Waals surface area (Å²) in [6.45, 7) is 6.92. The Kier molecular flexibility index (Phi) is 7.92. The van der Waals surface area contributed by atoms with Gasteiger partial charge in [-0.2, -0.15) is 0 Å². The average Bonchev–Trinajstić information content (AvgIpc) is 3.29. The van der Waals surface area contributed by atoms with Gasteiger partial charge in [0.2, 0.25) is 11.1 Å². The molecule has 1 aliphatic rings. The number of benzene rings is 2. The molecular weight excluding hydrogens is 422 g/mol. The second-order valence-electron chi connectivity index (χ2n) is 7.86. The Morgan fingerprint density at radius 1 is 1.16 bits per heavy atom. The number of morpholine rings is 1. The van der Waals surface area contributed by atoms with Crippen molar-refractivity contribution in [1.82, 2.24) is 25.4 Å². The number of ether oxygens (including phenoxy) is 1. The number of nitrogens with one attached hydrogen (secondary N) is 2. The van der Waals surface area contributed by atoms with E-state index in [1.165, 1.54) is 17.3 Å². The molecule has 168 valence electrons. The third-order valence-corrected chi connectivity index (χ3v) is 6.55. The minimum atomic E-state index is -0.0683. The Balaban J connectivity index is 1.38. The largest absolute Gasteiger partial charge is 0.379 e. The van der Waals surface area contributed by atoms with Gasteiger partial charge in [0, 0.05) is 43.4 Å². The fourth-order valence-corrected chi connectivity index (χ4v) is 4.61. The van der Waals surface area contributed by atoms with Crippen LogP contribution in [0.4, 0.5) is 0 Å². The first-order chi connectivity index (χ1) is 15.7. The van der Waals surface area contributed by atoms with Crippen molar-refractivity contribution in [2.24, 2.45) is 0 Å². The molecule has 1 aromatic heterocycles. The number of rotatable bonds is 9. The number of aromatic nitrogens is 3. The molecule has 2 heterocycles. The lowest BCUT2D eigenvalue weighted by atomic mass is 10.1. The Labute approximate surface area is 193 Å². The summed E-state index contributed by atoms with van der Waals surface area (Å²) in [6, 6.07) is 18.2. The van der Waals surface area contributed by atoms with Crippen LogP contribution in [-0.2, 0) is 9.53 Å². The number of nitrogens with zero attached hydrogens (tertiary/aromatic N) is 3. The zero-order valence-corrected chi connectivity index (χ0v) is 19.1. The second-order valence-corrected chi connectivity index (χ2v) is 9.03. The Morgan fingerprint density at radius 2 is 1.91 bits per heavy atom. The fourth-order valence-electron chi connectivity index (χ4n) is 3.58. The van der Waals surface area contributed by atoms with E-state index in [4.69, 9.17) is 4.74 Å². The summed E-state index contributed by atoms with van der Waals surface area (Å²) >= 11 is 1.51. The molecule has 1 amide bonds. The summed E-state index contributed by atoms with van der Waals surface area (Å²) in [7, 11) is 0. The number of amides is 1. The van der Waals surface area contributed by atoms with Crippen LogP contribution in [0.25, 0.3) is 11.4 Å². The Morgan fingerprint density at radius 3 is 2.66 bits per heavy atom. The van der Waals surface area contributed by atoms with Crippen molar-refractivity contribution < 1.29 is 9.53 Å². The summed E-state index contributed by atoms with van der Waals surface area (Å²) in [6.07, 6.45) is 0.367. The lowest BCUT2D eigenvalue weighted by Gasteiger charge is -2.26. The van der Waals surface area contributed by atoms with E-state index in [2.05, 4.69) is 44.5 Å². The number of aryl methyl sites for hydroxylation is 1. The van der Waals surface area contributed by atoms with Crippen LogP contribution in [0, 0.1) is 6.92 Å². The topological polar surface area (TPSA) is 83.1 Å². The van der Waals surface area contributed by atoms with Gasteiger partial charge in [-0.15, -0.1) is 5.10 Å². The molecule has 0 bridgehead atoms. The molecule has 0 aliphatic carbocycles. The van der Waals surface area contributed by atoms with E-state index in [-0.39, 0.29) is 11.2 Å². The maximum atomic E-state index is 12.7. The van der Waals surface area contributed by atoms with E-state index in [1.807, 2.05) is 42.5 Å². The van der Waals surface area contributed by atoms with Crippen LogP contribution in [0.3, 0.4) is 0 Å². The minimum absolute atomic E-state index is 0.0360. The van der Waals surface area contributed by atoms with Crippen molar-refractivity contribution in [2.75, 3.05) is 39.4 Å². The number of H-pyrrole nitrogens is 1. The van der Waals surface area contributed by atoms with Crippen molar-refractivity contribution in [3.05, 3.63) is 65.7 Å². The molecular formula is C24H29N5O2S. The highest BCUT2D eigenvalue weighted by Crippen LogP contribution is 2.36. The number of carbonyl (C=O) groups is 1. The summed E-state index contributed by atoms with van der Waals surface area (Å²) in [4.78, 5) is 19.7. The molecule has 1 atom stereocenters. The first kappa shape index (κ1) is 22.5. The zero-order chi connectivity index (χ0) is 22.2. The van der Waals surface area contributed by atoms with E-state index in [9.17, 15) is 4.79 Å². The molecule has 8 heteroatoms. The van der Waals surface area contributed by atoms with Crippen LogP contribution in [0.15, 0.2) is 59.8 Å². The Hall–Kier alpha value is -2.68. The highest BCUT2D eigenvalue weighted by atomic mass is 32.2. The molecule has 1 aliphatic heterocycles. The molecule has 3 aromatic rings. The van der Waals surface area contributed by atoms with E-state index in [0.717, 1.165) is 49.8 Å². The van der Waals surface area contributed by atoms with Crippen LogP contribution in [0.5, 0.6) is 0 Å². The van der Waals surface area contributed by atoms with Gasteiger partial charge < -0.3 is 10.1 Å². The molecule has 32 heavy (non-hydrogen) atoms. The molecule has 0 radical (unpaired) electrons. The number of carbonyl (C=O) groups excluding carboxylic acids is 1. The summed E-state index contributed by atoms with van der Waals surface area (Å²) in [5.41, 5.74) is 3.28. The van der Waals surface area contributed by atoms with Crippen LogP contribution >= 0.6 is 11.8 Å². The lowest BCUT2D eigenvalue weighted by molar-refractivity contribution is -0.121. The SMILES string of the molecule is Cc1ccc(-c2nc(SC(CC(=O)NCCN3CCOCC3)c3ccccc3)n[nH]2)cc1. The van der Waals surface area contributed by atoms with E-state index >= 15 is 0 Å². The maximum Gasteiger partial charge on any atom is 0.221 e. The molecule has 7 nitrogen and oxygen atoms in total. The van der Waals surface area contributed by atoms with Gasteiger partial charge in [-0.3, -0.25) is 14.8 Å². The van der Waals surface area contributed by atoms with E-state index < -0.39 is 0 Å². The summed E-state index contributed by atoms with van der Waals surface area (Å²) < 4.78 is 5.37. The molecule has 2 aromatic carbocycles. The van der Waals surface area contributed by atoms with Crippen LogP contribution in [0.2, 0.25) is 0 Å². The number of thioether (sulfide) groups is 1. The fraction of sp³-hybridized carbons (Fsp3) is 0.375. The predicted octanol–water partition coefficient (Wildman–Crippen LogP) is 3.45. The smallest absolute Gasteiger partial charge is 0.221 e. The number of hydrogen-bond donors (Lipinski definition) is 2. The second kappa shape index (κ2) is 11.3. The van der Waals surface area contributed by atoms with Crippen LogP contribution < -0.4 is 5.32 Å². The van der Waals surface area contributed by atoms with Gasteiger partial charge in [0.25, 0.3) is 0 Å². The predicted molar refractivity (Wildman–Crippen MR) is 126 cm³/mol. The average molecular weight is 452 g/mol. The zero-order valence-electron chi connectivity index (χ0n) is 18.3. The molecule has 1 saturated heterocycles. The van der Waals surface area contributed by atoms with Crippen molar-refractivity contribution in [1.29, 1.82) is 0 Å². The highest BCUT2D eigenvalue weighted by molar-refractivity contribution is 7.99. The quantitative estimate of drug-likeness (QED) is 0.485. The van der Waals surface area contributed by atoms with Gasteiger partial charge >= 0.3 is 0 Å². The number of hydrogen-bond acceptors (Lipinski definition) is 6. The lowest BCUT2D eigenvalue weighted by Crippen LogP contribution is -2.41. The van der Waals surface area contributed by atoms with Crippen molar-refractivity contribution in [3.63, 3.8) is 0 Å². The standard InChI is InChI=1S/C24H29N5O2S/c1-18-7-9-20(10-8-18)23-26-24(28-27-23)32-21(19-5-3-2-4-6-19)17-22(30)25-11-12-29-13-15-31-16-14-29/h2-10,21H,11-17H2,1H3,(H,25,30)(H,26,27,28). The van der Waals surface area contributed by atoms with Gasteiger partial charge in [0.1, 0.15) is 0 Å². The first-order valence-electron chi connectivity index (χ1n) is 11.0. The normalized spacial score (nSPS) is 15.4. The van der Waals surface area contributed by atoms with Gasteiger partial charge in [-0.1, -0.05) is 71.9 Å². The monoisotopic (exact) mass is 451 g/mol. The highest BCUT2D eigenvalue weighted by Gasteiger charge is 2.20. The molecule has 0 spiro atoms. The summed E-state index contributed by atoms with van der Waals surface area (Å²) in [5.74, 6) is 0.767. The van der Waals surface area contributed by atoms with E-state index in [0.29, 0.717) is 18.1 Å².